The quantitative estimate of drug-likeness (QED) is 0.547. The predicted octanol–water partition coefficient (Wildman–Crippen LogP) is 4.71. The van der Waals surface area contributed by atoms with Gasteiger partial charge < -0.3 is 16.0 Å². The van der Waals surface area contributed by atoms with Crippen molar-refractivity contribution < 1.29 is 18.0 Å². The summed E-state index contributed by atoms with van der Waals surface area (Å²) in [5, 5.41) is 3.09. The molecule has 1 amide bonds. The van der Waals surface area contributed by atoms with Gasteiger partial charge in [0.2, 0.25) is 0 Å². The van der Waals surface area contributed by atoms with Crippen molar-refractivity contribution in [3.63, 3.8) is 0 Å². The van der Waals surface area contributed by atoms with Crippen LogP contribution in [0.4, 0.5) is 18.9 Å². The van der Waals surface area contributed by atoms with Gasteiger partial charge in [0.25, 0.3) is 5.91 Å². The number of amides is 1. The van der Waals surface area contributed by atoms with E-state index in [4.69, 9.17) is 5.73 Å². The lowest BCUT2D eigenvalue weighted by atomic mass is 9.95. The normalized spacial score (nSPS) is 23.5. The monoisotopic (exact) mass is 429 g/mol. The molecular weight excluding hydrogens is 403 g/mol. The third-order valence-corrected chi connectivity index (χ3v) is 6.61. The maximum absolute atomic E-state index is 13.0. The summed E-state index contributed by atoms with van der Waals surface area (Å²) in [5.74, 6) is -0.257. The SMILES string of the molecule is C=C(C(=O)NC1CC2CCC(C1)N2C)c1ccc(-c2cccc(C(F)(F)F)c2)cc1N. The summed E-state index contributed by atoms with van der Waals surface area (Å²) in [7, 11) is 2.14. The van der Waals surface area contributed by atoms with Crippen LogP contribution in [0.5, 0.6) is 0 Å². The van der Waals surface area contributed by atoms with Gasteiger partial charge in [0.05, 0.1) is 5.56 Å². The lowest BCUT2D eigenvalue weighted by Gasteiger charge is -2.36. The maximum Gasteiger partial charge on any atom is 0.416 e. The van der Waals surface area contributed by atoms with Crippen LogP contribution >= 0.6 is 0 Å². The van der Waals surface area contributed by atoms with Gasteiger partial charge in [0.15, 0.2) is 0 Å². The molecule has 31 heavy (non-hydrogen) atoms. The highest BCUT2D eigenvalue weighted by Gasteiger charge is 2.39. The summed E-state index contributed by atoms with van der Waals surface area (Å²) in [6.45, 7) is 3.92. The third kappa shape index (κ3) is 4.32. The highest BCUT2D eigenvalue weighted by Crippen LogP contribution is 2.35. The first-order chi connectivity index (χ1) is 14.6. The van der Waals surface area contributed by atoms with Crippen LogP contribution in [0.15, 0.2) is 49.0 Å². The zero-order valence-electron chi connectivity index (χ0n) is 17.4. The molecule has 0 aliphatic carbocycles. The molecule has 2 atom stereocenters. The number of alkyl halides is 3. The minimum Gasteiger partial charge on any atom is -0.398 e. The van der Waals surface area contributed by atoms with Gasteiger partial charge in [-0.25, -0.2) is 0 Å². The molecule has 3 N–H and O–H groups in total. The molecule has 0 saturated carbocycles. The molecule has 2 fully saturated rings. The number of carbonyl (C=O) groups excluding carboxylic acids is 1. The van der Waals surface area contributed by atoms with E-state index in [1.54, 1.807) is 24.3 Å². The number of fused-ring (bicyclic) bond motifs is 2. The Morgan fingerprint density at radius 1 is 1.10 bits per heavy atom. The van der Waals surface area contributed by atoms with Gasteiger partial charge in [0, 0.05) is 34.9 Å². The van der Waals surface area contributed by atoms with Gasteiger partial charge in [-0.2, -0.15) is 13.2 Å². The van der Waals surface area contributed by atoms with Crippen molar-refractivity contribution in [3.8, 4) is 11.1 Å². The number of nitrogens with two attached hydrogens (primary N) is 1. The number of nitrogens with one attached hydrogen (secondary N) is 1. The Labute approximate surface area is 179 Å². The van der Waals surface area contributed by atoms with Gasteiger partial charge in [0.1, 0.15) is 0 Å². The Balaban J connectivity index is 1.48. The fourth-order valence-corrected chi connectivity index (χ4v) is 4.82. The van der Waals surface area contributed by atoms with E-state index in [0.29, 0.717) is 34.5 Å². The number of rotatable bonds is 4. The average molecular weight is 429 g/mol. The van der Waals surface area contributed by atoms with Gasteiger partial charge >= 0.3 is 6.18 Å². The highest BCUT2D eigenvalue weighted by molar-refractivity contribution is 6.20. The van der Waals surface area contributed by atoms with Crippen molar-refractivity contribution in [2.75, 3.05) is 12.8 Å². The van der Waals surface area contributed by atoms with Crippen LogP contribution < -0.4 is 11.1 Å². The number of nitrogens with zero attached hydrogens (tertiary/aromatic N) is 1. The van der Waals surface area contributed by atoms with E-state index in [1.165, 1.54) is 18.9 Å². The van der Waals surface area contributed by atoms with E-state index in [-0.39, 0.29) is 17.5 Å². The Morgan fingerprint density at radius 2 is 1.74 bits per heavy atom. The summed E-state index contributed by atoms with van der Waals surface area (Å²) in [6.07, 6.45) is -0.232. The van der Waals surface area contributed by atoms with Gasteiger partial charge in [-0.1, -0.05) is 30.8 Å². The Kier molecular flexibility index (Phi) is 5.56. The second kappa shape index (κ2) is 8.04. The van der Waals surface area contributed by atoms with Crippen molar-refractivity contribution >= 4 is 17.2 Å². The Hall–Kier alpha value is -2.80. The van der Waals surface area contributed by atoms with Crippen LogP contribution in [-0.2, 0) is 11.0 Å². The van der Waals surface area contributed by atoms with Crippen molar-refractivity contribution in [2.45, 2.75) is 50.0 Å². The van der Waals surface area contributed by atoms with Crippen LogP contribution in [-0.4, -0.2) is 36.0 Å². The second-order valence-electron chi connectivity index (χ2n) is 8.55. The molecule has 4 rings (SSSR count). The minimum atomic E-state index is -4.42. The van der Waals surface area contributed by atoms with E-state index < -0.39 is 11.7 Å². The molecule has 2 unspecified atom stereocenters. The smallest absolute Gasteiger partial charge is 0.398 e. The molecule has 0 aromatic heterocycles. The van der Waals surface area contributed by atoms with Gasteiger partial charge in [-0.05, 0) is 62.1 Å². The number of nitrogen functional groups attached to an aromatic ring is 1. The molecule has 2 aliphatic heterocycles. The molecule has 2 heterocycles. The lowest BCUT2D eigenvalue weighted by Crippen LogP contribution is -2.48. The molecule has 2 bridgehead atoms. The molecule has 2 aromatic carbocycles. The molecule has 164 valence electrons. The fourth-order valence-electron chi connectivity index (χ4n) is 4.82. The number of carbonyl (C=O) groups is 1. The van der Waals surface area contributed by atoms with Crippen molar-refractivity contribution in [1.29, 1.82) is 0 Å². The van der Waals surface area contributed by atoms with E-state index in [1.807, 2.05) is 0 Å². The molecule has 7 heteroatoms. The number of hydrogen-bond acceptors (Lipinski definition) is 3. The van der Waals surface area contributed by atoms with Gasteiger partial charge in [-0.15, -0.1) is 0 Å². The van der Waals surface area contributed by atoms with Gasteiger partial charge in [-0.3, -0.25) is 4.79 Å². The summed E-state index contributed by atoms with van der Waals surface area (Å²) < 4.78 is 39.0. The first kappa shape index (κ1) is 21.4. The molecule has 0 spiro atoms. The van der Waals surface area contributed by atoms with Crippen LogP contribution in [0.1, 0.15) is 36.8 Å². The van der Waals surface area contributed by atoms with E-state index in [9.17, 15) is 18.0 Å². The van der Waals surface area contributed by atoms with Crippen LogP contribution in [0.3, 0.4) is 0 Å². The zero-order chi connectivity index (χ0) is 22.3. The number of benzene rings is 2. The summed E-state index contributed by atoms with van der Waals surface area (Å²) in [5.41, 5.74) is 7.45. The second-order valence-corrected chi connectivity index (χ2v) is 8.55. The van der Waals surface area contributed by atoms with E-state index >= 15 is 0 Å². The van der Waals surface area contributed by atoms with Crippen molar-refractivity contribution in [1.82, 2.24) is 10.2 Å². The van der Waals surface area contributed by atoms with Crippen LogP contribution in [0, 0.1) is 0 Å². The van der Waals surface area contributed by atoms with Crippen molar-refractivity contribution in [2.24, 2.45) is 0 Å². The number of piperidine rings is 1. The average Bonchev–Trinajstić information content (AvgIpc) is 2.93. The predicted molar refractivity (Wildman–Crippen MR) is 116 cm³/mol. The van der Waals surface area contributed by atoms with Crippen LogP contribution in [0.25, 0.3) is 16.7 Å². The molecule has 0 radical (unpaired) electrons. The molecule has 4 nitrogen and oxygen atoms in total. The fraction of sp³-hybridized carbons (Fsp3) is 0.375. The van der Waals surface area contributed by atoms with E-state index in [0.717, 1.165) is 25.0 Å². The highest BCUT2D eigenvalue weighted by atomic mass is 19.4. The Morgan fingerprint density at radius 3 is 2.35 bits per heavy atom. The molecular formula is C24H26F3N3O. The van der Waals surface area contributed by atoms with Crippen molar-refractivity contribution in [3.05, 3.63) is 60.2 Å². The zero-order valence-corrected chi connectivity index (χ0v) is 17.4. The minimum absolute atomic E-state index is 0.114. The summed E-state index contributed by atoms with van der Waals surface area (Å²) >= 11 is 0. The topological polar surface area (TPSA) is 58.4 Å². The molecule has 2 aliphatic rings. The lowest BCUT2D eigenvalue weighted by molar-refractivity contribution is -0.137. The Bertz CT molecular complexity index is 1000. The first-order valence-corrected chi connectivity index (χ1v) is 10.4. The van der Waals surface area contributed by atoms with Crippen LogP contribution in [0.2, 0.25) is 0 Å². The summed E-state index contributed by atoms with van der Waals surface area (Å²) in [6, 6.07) is 11.1. The maximum atomic E-state index is 13.0. The number of hydrogen-bond donors (Lipinski definition) is 2. The standard InChI is InChI=1S/C24H26F3N3O/c1-14(23(31)29-18-12-19-7-8-20(13-18)30(19)2)21-9-6-16(11-22(21)28)15-4-3-5-17(10-15)24(25,26)27/h3-6,9-11,18-20H,1,7-8,12-13,28H2,2H3,(H,29,31). The number of anilines is 1. The molecule has 2 saturated heterocycles. The summed E-state index contributed by atoms with van der Waals surface area (Å²) in [4.78, 5) is 15.2. The van der Waals surface area contributed by atoms with E-state index in [2.05, 4.69) is 23.8 Å². The third-order valence-electron chi connectivity index (χ3n) is 6.61. The first-order valence-electron chi connectivity index (χ1n) is 10.4. The largest absolute Gasteiger partial charge is 0.416 e. The molecule has 2 aromatic rings. The number of halogens is 3.